The fourth-order valence-electron chi connectivity index (χ4n) is 4.62. The number of carbonyl (C=O) groups is 1. The highest BCUT2D eigenvalue weighted by Crippen LogP contribution is 2.38. The van der Waals surface area contributed by atoms with Gasteiger partial charge in [-0.25, -0.2) is 0 Å². The monoisotopic (exact) mass is 349 g/mol. The van der Waals surface area contributed by atoms with Crippen molar-refractivity contribution < 1.29 is 9.53 Å². The first-order valence-corrected chi connectivity index (χ1v) is 9.75. The van der Waals surface area contributed by atoms with Crippen molar-refractivity contribution in [1.29, 1.82) is 0 Å². The van der Waals surface area contributed by atoms with Gasteiger partial charge < -0.3 is 9.64 Å². The van der Waals surface area contributed by atoms with Gasteiger partial charge in [0, 0.05) is 12.5 Å². The van der Waals surface area contributed by atoms with E-state index in [1.165, 1.54) is 35.1 Å². The van der Waals surface area contributed by atoms with Crippen molar-refractivity contribution in [3.05, 3.63) is 53.6 Å². The Balaban J connectivity index is 1.64. The smallest absolute Gasteiger partial charge is 0.226 e. The molecule has 3 heteroatoms. The maximum absolute atomic E-state index is 13.0. The maximum Gasteiger partial charge on any atom is 0.226 e. The van der Waals surface area contributed by atoms with E-state index in [4.69, 9.17) is 4.74 Å². The van der Waals surface area contributed by atoms with Gasteiger partial charge in [-0.05, 0) is 60.6 Å². The fraction of sp³-hybridized carbons (Fsp3) is 0.435. The van der Waals surface area contributed by atoms with Crippen LogP contribution in [0.15, 0.2) is 42.5 Å². The lowest BCUT2D eigenvalue weighted by Crippen LogP contribution is -2.41. The van der Waals surface area contributed by atoms with Crippen LogP contribution in [-0.4, -0.2) is 24.5 Å². The summed E-state index contributed by atoms with van der Waals surface area (Å²) in [5.41, 5.74) is 5.19. The van der Waals surface area contributed by atoms with Crippen LogP contribution in [0.2, 0.25) is 0 Å². The Morgan fingerprint density at radius 3 is 2.50 bits per heavy atom. The third kappa shape index (κ3) is 3.00. The molecule has 1 atom stereocenters. The molecule has 1 aliphatic heterocycles. The number of methoxy groups -OCH3 is 1. The van der Waals surface area contributed by atoms with Crippen molar-refractivity contribution in [2.45, 2.75) is 45.1 Å². The predicted molar refractivity (Wildman–Crippen MR) is 104 cm³/mol. The predicted octanol–water partition coefficient (Wildman–Crippen LogP) is 5.00. The summed E-state index contributed by atoms with van der Waals surface area (Å²) in [7, 11) is 1.69. The Bertz CT molecular complexity index is 790. The Kier molecular flexibility index (Phi) is 4.71. The second-order valence-corrected chi connectivity index (χ2v) is 7.54. The van der Waals surface area contributed by atoms with Gasteiger partial charge in [0.05, 0.1) is 13.2 Å². The van der Waals surface area contributed by atoms with E-state index < -0.39 is 0 Å². The lowest BCUT2D eigenvalue weighted by Gasteiger charge is -2.37. The van der Waals surface area contributed by atoms with Crippen LogP contribution in [0.4, 0.5) is 0 Å². The van der Waals surface area contributed by atoms with Gasteiger partial charge in [0.2, 0.25) is 5.91 Å². The summed E-state index contributed by atoms with van der Waals surface area (Å²) in [6, 6.07) is 14.9. The highest BCUT2D eigenvalue weighted by Gasteiger charge is 2.33. The molecule has 0 spiro atoms. The SMILES string of the molecule is COc1ccc(-c2cccc3c2CCN(C(=O)C2CCCC2)[C@@H]3C)cc1. The van der Waals surface area contributed by atoms with Crippen LogP contribution >= 0.6 is 0 Å². The maximum atomic E-state index is 13.0. The number of ether oxygens (including phenoxy) is 1. The molecule has 2 aromatic carbocycles. The minimum absolute atomic E-state index is 0.157. The van der Waals surface area contributed by atoms with Crippen LogP contribution in [-0.2, 0) is 11.2 Å². The first-order chi connectivity index (χ1) is 12.7. The molecule has 1 aliphatic carbocycles. The standard InChI is InChI=1S/C23H27NO2/c1-16-20-8-5-9-21(17-10-12-19(26-2)13-11-17)22(20)14-15-24(16)23(25)18-6-3-4-7-18/h5,8-13,16,18H,3-4,6-7,14-15H2,1-2H3/t16-/m1/s1. The molecule has 0 N–H and O–H groups in total. The van der Waals surface area contributed by atoms with Crippen LogP contribution in [0.25, 0.3) is 11.1 Å². The van der Waals surface area contributed by atoms with Crippen LogP contribution < -0.4 is 4.74 Å². The highest BCUT2D eigenvalue weighted by atomic mass is 16.5. The lowest BCUT2D eigenvalue weighted by molar-refractivity contribution is -0.138. The zero-order chi connectivity index (χ0) is 18.1. The number of benzene rings is 2. The van der Waals surface area contributed by atoms with Crippen LogP contribution in [0.5, 0.6) is 5.75 Å². The van der Waals surface area contributed by atoms with Gasteiger partial charge in [-0.1, -0.05) is 43.2 Å². The average molecular weight is 349 g/mol. The number of carbonyl (C=O) groups excluding carboxylic acids is 1. The minimum atomic E-state index is 0.157. The summed E-state index contributed by atoms with van der Waals surface area (Å²) in [6.45, 7) is 3.01. The molecule has 0 bridgehead atoms. The fourth-order valence-corrected chi connectivity index (χ4v) is 4.62. The van der Waals surface area contributed by atoms with Gasteiger partial charge >= 0.3 is 0 Å². The third-order valence-electron chi connectivity index (χ3n) is 6.12. The largest absolute Gasteiger partial charge is 0.497 e. The van der Waals surface area contributed by atoms with Gasteiger partial charge in [-0.15, -0.1) is 0 Å². The second kappa shape index (κ2) is 7.14. The van der Waals surface area contributed by atoms with E-state index in [0.717, 1.165) is 31.6 Å². The Morgan fingerprint density at radius 2 is 1.81 bits per heavy atom. The number of hydrogen-bond donors (Lipinski definition) is 0. The number of amides is 1. The molecule has 1 fully saturated rings. The van der Waals surface area contributed by atoms with Gasteiger partial charge in [0.1, 0.15) is 5.75 Å². The summed E-state index contributed by atoms with van der Waals surface area (Å²) in [4.78, 5) is 15.1. The van der Waals surface area contributed by atoms with Crippen molar-refractivity contribution in [1.82, 2.24) is 4.90 Å². The van der Waals surface area contributed by atoms with Crippen molar-refractivity contribution in [3.8, 4) is 16.9 Å². The van der Waals surface area contributed by atoms with E-state index in [9.17, 15) is 4.79 Å². The molecule has 3 nitrogen and oxygen atoms in total. The number of fused-ring (bicyclic) bond motifs is 1. The molecule has 0 saturated heterocycles. The third-order valence-corrected chi connectivity index (χ3v) is 6.12. The molecular formula is C23H27NO2. The van der Waals surface area contributed by atoms with Gasteiger partial charge in [-0.2, -0.15) is 0 Å². The zero-order valence-corrected chi connectivity index (χ0v) is 15.7. The molecule has 0 unspecified atom stereocenters. The van der Waals surface area contributed by atoms with Crippen molar-refractivity contribution in [3.63, 3.8) is 0 Å². The Hall–Kier alpha value is -2.29. The molecule has 26 heavy (non-hydrogen) atoms. The van der Waals surface area contributed by atoms with Crippen LogP contribution in [0.1, 0.15) is 49.8 Å². The number of rotatable bonds is 3. The van der Waals surface area contributed by atoms with Gasteiger partial charge in [-0.3, -0.25) is 4.79 Å². The summed E-state index contributed by atoms with van der Waals surface area (Å²) in [5, 5.41) is 0. The number of nitrogens with zero attached hydrogens (tertiary/aromatic N) is 1. The topological polar surface area (TPSA) is 29.5 Å². The highest BCUT2D eigenvalue weighted by molar-refractivity contribution is 5.80. The molecule has 0 radical (unpaired) electrons. The Labute approximate surface area is 156 Å². The van der Waals surface area contributed by atoms with Crippen molar-refractivity contribution in [2.24, 2.45) is 5.92 Å². The van der Waals surface area contributed by atoms with E-state index >= 15 is 0 Å². The summed E-state index contributed by atoms with van der Waals surface area (Å²) < 4.78 is 5.28. The summed E-state index contributed by atoms with van der Waals surface area (Å²) in [6.07, 6.45) is 5.48. The van der Waals surface area contributed by atoms with E-state index in [2.05, 4.69) is 42.2 Å². The first-order valence-electron chi connectivity index (χ1n) is 9.75. The summed E-state index contributed by atoms with van der Waals surface area (Å²) in [5.74, 6) is 1.50. The Morgan fingerprint density at radius 1 is 1.08 bits per heavy atom. The molecule has 2 aromatic rings. The molecule has 1 heterocycles. The normalized spacial score (nSPS) is 20.1. The van der Waals surface area contributed by atoms with Crippen LogP contribution in [0.3, 0.4) is 0 Å². The van der Waals surface area contributed by atoms with Crippen LogP contribution in [0, 0.1) is 5.92 Å². The molecule has 4 rings (SSSR count). The first kappa shape index (κ1) is 17.1. The van der Waals surface area contributed by atoms with Crippen molar-refractivity contribution in [2.75, 3.05) is 13.7 Å². The van der Waals surface area contributed by atoms with E-state index in [1.54, 1.807) is 7.11 Å². The van der Waals surface area contributed by atoms with Gasteiger partial charge in [0.15, 0.2) is 0 Å². The molecule has 1 saturated carbocycles. The quantitative estimate of drug-likeness (QED) is 0.780. The van der Waals surface area contributed by atoms with E-state index in [0.29, 0.717) is 5.91 Å². The van der Waals surface area contributed by atoms with E-state index in [-0.39, 0.29) is 12.0 Å². The minimum Gasteiger partial charge on any atom is -0.497 e. The molecule has 136 valence electrons. The second-order valence-electron chi connectivity index (χ2n) is 7.54. The van der Waals surface area contributed by atoms with Crippen molar-refractivity contribution >= 4 is 5.91 Å². The molecule has 0 aromatic heterocycles. The number of hydrogen-bond acceptors (Lipinski definition) is 2. The lowest BCUT2D eigenvalue weighted by atomic mass is 9.86. The molecular weight excluding hydrogens is 322 g/mol. The molecule has 2 aliphatic rings. The molecule has 1 amide bonds. The van der Waals surface area contributed by atoms with E-state index in [1.807, 2.05) is 12.1 Å². The van der Waals surface area contributed by atoms with Gasteiger partial charge in [0.25, 0.3) is 0 Å². The average Bonchev–Trinajstić information content (AvgIpc) is 3.22. The zero-order valence-electron chi connectivity index (χ0n) is 15.7. The summed E-state index contributed by atoms with van der Waals surface area (Å²) >= 11 is 0.